The fourth-order valence-corrected chi connectivity index (χ4v) is 5.42. The minimum absolute atomic E-state index is 0.620. The summed E-state index contributed by atoms with van der Waals surface area (Å²) in [6.07, 6.45) is -1.18. The monoisotopic (exact) mass is 518 g/mol. The first-order chi connectivity index (χ1) is 17.5. The second-order valence-electron chi connectivity index (χ2n) is 10.6. The van der Waals surface area contributed by atoms with Crippen molar-refractivity contribution in [3.8, 4) is 11.1 Å². The Labute approximate surface area is 221 Å². The van der Waals surface area contributed by atoms with Gasteiger partial charge in [-0.2, -0.15) is 5.10 Å². The zero-order valence-electron chi connectivity index (χ0n) is 22.0. The molecule has 0 amide bonds. The van der Waals surface area contributed by atoms with Gasteiger partial charge in [-0.25, -0.2) is 4.79 Å². The van der Waals surface area contributed by atoms with Crippen LogP contribution in [0.25, 0.3) is 22.0 Å². The summed E-state index contributed by atoms with van der Waals surface area (Å²) in [6.45, 7) is 13.1. The predicted octanol–water partition coefficient (Wildman–Crippen LogP) is 6.77. The first-order valence-electron chi connectivity index (χ1n) is 12.4. The van der Waals surface area contributed by atoms with Crippen LogP contribution in [0.2, 0.25) is 5.02 Å². The van der Waals surface area contributed by atoms with E-state index in [0.717, 1.165) is 57.0 Å². The lowest BCUT2D eigenvalue weighted by atomic mass is 9.87. The van der Waals surface area contributed by atoms with Crippen LogP contribution in [0.4, 0.5) is 11.5 Å². The number of halogens is 1. The van der Waals surface area contributed by atoms with E-state index < -0.39 is 17.7 Å². The number of carboxylic acid groups (broad SMARTS) is 1. The Bertz CT molecular complexity index is 1500. The summed E-state index contributed by atoms with van der Waals surface area (Å²) in [5, 5.41) is 20.8. The molecule has 1 aliphatic rings. The number of carbonyl (C=O) groups is 1. The summed E-state index contributed by atoms with van der Waals surface area (Å²) in [7, 11) is 0. The highest BCUT2D eigenvalue weighted by atomic mass is 35.5. The van der Waals surface area contributed by atoms with Gasteiger partial charge >= 0.3 is 5.97 Å². The maximum absolute atomic E-state index is 12.8. The van der Waals surface area contributed by atoms with Crippen molar-refractivity contribution in [1.82, 2.24) is 14.8 Å². The number of hydrogen-bond donors (Lipinski definition) is 1. The molecule has 37 heavy (non-hydrogen) atoms. The molecule has 1 N–H and O–H groups in total. The van der Waals surface area contributed by atoms with E-state index in [2.05, 4.69) is 32.7 Å². The van der Waals surface area contributed by atoms with E-state index >= 15 is 0 Å². The van der Waals surface area contributed by atoms with Crippen LogP contribution in [0, 0.1) is 20.8 Å². The second kappa shape index (κ2) is 9.15. The van der Waals surface area contributed by atoms with Crippen LogP contribution in [-0.2, 0) is 16.1 Å². The molecule has 1 atom stereocenters. The third kappa shape index (κ3) is 4.47. The van der Waals surface area contributed by atoms with Crippen molar-refractivity contribution in [2.75, 3.05) is 11.4 Å². The second-order valence-corrected chi connectivity index (χ2v) is 11.0. The number of ether oxygens (including phenoxy) is 1. The molecule has 5 rings (SSSR count). The Morgan fingerprint density at radius 1 is 1.05 bits per heavy atom. The molecule has 7 nitrogen and oxygen atoms in total. The first kappa shape index (κ1) is 25.2. The SMILES string of the molecule is Cc1ccc(N2CCn3c(C)cc4c(-c5ccc(Cl)cc5)c([C@H](OC(C)(C)C)C(=O)O)c(C)c2c43)nn1. The van der Waals surface area contributed by atoms with Crippen molar-refractivity contribution in [3.05, 3.63) is 70.0 Å². The molecule has 2 aromatic heterocycles. The van der Waals surface area contributed by atoms with Crippen molar-refractivity contribution in [2.24, 2.45) is 0 Å². The molecule has 0 fully saturated rings. The van der Waals surface area contributed by atoms with E-state index in [1.165, 1.54) is 0 Å². The van der Waals surface area contributed by atoms with E-state index in [9.17, 15) is 9.90 Å². The van der Waals surface area contributed by atoms with Gasteiger partial charge in [-0.3, -0.25) is 0 Å². The quantitative estimate of drug-likeness (QED) is 0.314. The van der Waals surface area contributed by atoms with Crippen LogP contribution in [0.1, 0.15) is 49.4 Å². The van der Waals surface area contributed by atoms with Gasteiger partial charge in [-0.15, -0.1) is 5.10 Å². The molecular weight excluding hydrogens is 488 g/mol. The predicted molar refractivity (Wildman–Crippen MR) is 147 cm³/mol. The summed E-state index contributed by atoms with van der Waals surface area (Å²) in [5.74, 6) is -0.303. The Morgan fingerprint density at radius 3 is 2.35 bits per heavy atom. The first-order valence-corrected chi connectivity index (χ1v) is 12.7. The van der Waals surface area contributed by atoms with Gasteiger partial charge in [0, 0.05) is 34.8 Å². The highest BCUT2D eigenvalue weighted by Gasteiger charge is 2.36. The average Bonchev–Trinajstić information content (AvgIpc) is 3.17. The fourth-order valence-electron chi connectivity index (χ4n) is 5.30. The Morgan fingerprint density at radius 2 is 1.76 bits per heavy atom. The molecule has 4 aromatic rings. The topological polar surface area (TPSA) is 80.5 Å². The molecule has 1 aliphatic heterocycles. The minimum Gasteiger partial charge on any atom is -0.479 e. The van der Waals surface area contributed by atoms with Crippen LogP contribution < -0.4 is 4.90 Å². The van der Waals surface area contributed by atoms with Crippen molar-refractivity contribution in [1.29, 1.82) is 0 Å². The molecule has 192 valence electrons. The zero-order valence-corrected chi connectivity index (χ0v) is 22.7. The van der Waals surface area contributed by atoms with Gasteiger partial charge in [0.2, 0.25) is 0 Å². The molecule has 2 aromatic carbocycles. The molecule has 0 unspecified atom stereocenters. The number of aliphatic carboxylic acids is 1. The highest BCUT2D eigenvalue weighted by Crippen LogP contribution is 2.49. The van der Waals surface area contributed by atoms with Crippen LogP contribution in [0.3, 0.4) is 0 Å². The Hall–Kier alpha value is -3.42. The van der Waals surface area contributed by atoms with E-state index in [4.69, 9.17) is 16.3 Å². The molecule has 0 saturated heterocycles. The molecule has 0 radical (unpaired) electrons. The van der Waals surface area contributed by atoms with Gasteiger partial charge in [-0.05, 0) is 88.6 Å². The maximum atomic E-state index is 12.8. The van der Waals surface area contributed by atoms with Crippen molar-refractivity contribution >= 4 is 40.0 Å². The summed E-state index contributed by atoms with van der Waals surface area (Å²) >= 11 is 6.23. The highest BCUT2D eigenvalue weighted by molar-refractivity contribution is 6.30. The standard InChI is InChI=1S/C29H31ClN4O3/c1-16-7-12-22(32-31-16)34-14-13-33-17(2)15-21-24(19-8-10-20(30)11-9-19)23(18(3)25(34)26(21)33)27(28(35)36)37-29(4,5)6/h7-12,15,27H,13-14H2,1-6H3,(H,35,36)/t27-/m0/s1. The fraction of sp³-hybridized carbons (Fsp3) is 0.345. The normalized spacial score (nSPS) is 14.3. The third-order valence-electron chi connectivity index (χ3n) is 6.79. The van der Waals surface area contributed by atoms with Gasteiger partial charge in [0.25, 0.3) is 0 Å². The van der Waals surface area contributed by atoms with Crippen LogP contribution in [0.15, 0.2) is 42.5 Å². The number of carboxylic acids is 1. The van der Waals surface area contributed by atoms with Crippen molar-refractivity contribution in [2.45, 2.75) is 59.8 Å². The molecule has 8 heteroatoms. The summed E-state index contributed by atoms with van der Waals surface area (Å²) in [5.41, 5.74) is 6.48. The van der Waals surface area contributed by atoms with Gasteiger partial charge in [-0.1, -0.05) is 23.7 Å². The number of hydrogen-bond acceptors (Lipinski definition) is 5. The van der Waals surface area contributed by atoms with Crippen LogP contribution in [0.5, 0.6) is 0 Å². The van der Waals surface area contributed by atoms with Gasteiger partial charge in [0.05, 0.1) is 22.5 Å². The lowest BCUT2D eigenvalue weighted by molar-refractivity contribution is -0.160. The van der Waals surface area contributed by atoms with E-state index in [-0.39, 0.29) is 0 Å². The van der Waals surface area contributed by atoms with Crippen molar-refractivity contribution < 1.29 is 14.6 Å². The summed E-state index contributed by atoms with van der Waals surface area (Å²) in [4.78, 5) is 14.9. The molecule has 0 bridgehead atoms. The van der Waals surface area contributed by atoms with E-state index in [0.29, 0.717) is 17.1 Å². The number of aromatic nitrogens is 3. The van der Waals surface area contributed by atoms with Gasteiger partial charge in [0.15, 0.2) is 11.9 Å². The number of nitrogens with zero attached hydrogens (tertiary/aromatic N) is 4. The van der Waals surface area contributed by atoms with E-state index in [1.807, 2.05) is 71.0 Å². The van der Waals surface area contributed by atoms with Crippen LogP contribution in [-0.4, -0.2) is 38.0 Å². The molecular formula is C29H31ClN4O3. The molecule has 0 spiro atoms. The lowest BCUT2D eigenvalue weighted by Crippen LogP contribution is -2.31. The summed E-state index contributed by atoms with van der Waals surface area (Å²) in [6, 6.07) is 13.6. The van der Waals surface area contributed by atoms with Gasteiger partial charge < -0.3 is 19.3 Å². The minimum atomic E-state index is -1.18. The van der Waals surface area contributed by atoms with Gasteiger partial charge in [0.1, 0.15) is 0 Å². The number of benzene rings is 2. The third-order valence-corrected chi connectivity index (χ3v) is 7.05. The number of anilines is 2. The Kier molecular flexibility index (Phi) is 6.24. The molecule has 3 heterocycles. The number of rotatable bonds is 5. The number of aryl methyl sites for hydroxylation is 2. The summed E-state index contributed by atoms with van der Waals surface area (Å²) < 4.78 is 8.54. The Balaban J connectivity index is 1.90. The average molecular weight is 519 g/mol. The molecule has 0 aliphatic carbocycles. The maximum Gasteiger partial charge on any atom is 0.337 e. The van der Waals surface area contributed by atoms with E-state index in [1.54, 1.807) is 0 Å². The molecule has 0 saturated carbocycles. The lowest BCUT2D eigenvalue weighted by Gasteiger charge is -2.35. The smallest absolute Gasteiger partial charge is 0.337 e. The zero-order chi connectivity index (χ0) is 26.6. The van der Waals surface area contributed by atoms with Crippen molar-refractivity contribution in [3.63, 3.8) is 0 Å². The largest absolute Gasteiger partial charge is 0.479 e. The van der Waals surface area contributed by atoms with Crippen LogP contribution >= 0.6 is 11.6 Å².